The van der Waals surface area contributed by atoms with Crippen molar-refractivity contribution in [2.24, 2.45) is 5.10 Å². The van der Waals surface area contributed by atoms with Gasteiger partial charge in [-0.1, -0.05) is 5.21 Å². The summed E-state index contributed by atoms with van der Waals surface area (Å²) in [5.41, 5.74) is 9.85. The van der Waals surface area contributed by atoms with Crippen molar-refractivity contribution in [2.75, 3.05) is 19.6 Å². The van der Waals surface area contributed by atoms with Crippen molar-refractivity contribution in [3.05, 3.63) is 53.7 Å². The molecule has 0 atom stereocenters. The topological polar surface area (TPSA) is 165 Å². The molecule has 4 aromatic rings. The van der Waals surface area contributed by atoms with Crippen molar-refractivity contribution in [2.45, 2.75) is 0 Å². The summed E-state index contributed by atoms with van der Waals surface area (Å²) in [5.74, 6) is 1.25. The van der Waals surface area contributed by atoms with Crippen molar-refractivity contribution < 1.29 is 23.6 Å². The lowest BCUT2D eigenvalue weighted by Gasteiger charge is -2.07. The standard InChI is InChI=1S/C20H16N8O5/c1-30-13-5-2-11(3-6-13)9-22-24-20(29)16-17(12-4-7-14-15(8-12)32-10-31-14)28(27-23-16)19-18(21)25-33-26-19/h2-9H,10H2,1H3,(H2,21,25)(H,24,29). The van der Waals surface area contributed by atoms with E-state index < -0.39 is 5.91 Å². The number of hydrazone groups is 1. The molecule has 2 aromatic heterocycles. The molecule has 0 spiro atoms. The second-order valence-electron chi connectivity index (χ2n) is 6.71. The van der Waals surface area contributed by atoms with Gasteiger partial charge in [0.25, 0.3) is 5.91 Å². The molecule has 13 heteroatoms. The third-order valence-electron chi connectivity index (χ3n) is 4.72. The molecule has 3 N–H and O–H groups in total. The number of nitrogens with zero attached hydrogens (tertiary/aromatic N) is 6. The van der Waals surface area contributed by atoms with E-state index in [-0.39, 0.29) is 29.8 Å². The van der Waals surface area contributed by atoms with Crippen LogP contribution in [0.4, 0.5) is 5.82 Å². The average molecular weight is 448 g/mol. The van der Waals surface area contributed by atoms with Crippen LogP contribution in [-0.4, -0.2) is 51.3 Å². The maximum absolute atomic E-state index is 12.9. The number of hydrogen-bond acceptors (Lipinski definition) is 11. The number of fused-ring (bicyclic) bond motifs is 1. The number of amides is 1. The summed E-state index contributed by atoms with van der Waals surface area (Å²) >= 11 is 0. The average Bonchev–Trinajstić information content (AvgIpc) is 3.58. The van der Waals surface area contributed by atoms with E-state index in [1.54, 1.807) is 49.6 Å². The summed E-state index contributed by atoms with van der Waals surface area (Å²) in [6.45, 7) is 0.101. The van der Waals surface area contributed by atoms with Crippen molar-refractivity contribution in [3.63, 3.8) is 0 Å². The molecule has 0 radical (unpaired) electrons. The maximum Gasteiger partial charge on any atom is 0.294 e. The van der Waals surface area contributed by atoms with Crippen LogP contribution >= 0.6 is 0 Å². The Morgan fingerprint density at radius 2 is 2.00 bits per heavy atom. The summed E-state index contributed by atoms with van der Waals surface area (Å²) in [6, 6.07) is 12.3. The number of carbonyl (C=O) groups is 1. The number of ether oxygens (including phenoxy) is 3. The summed E-state index contributed by atoms with van der Waals surface area (Å²) in [4.78, 5) is 12.9. The van der Waals surface area contributed by atoms with Gasteiger partial charge in [-0.2, -0.15) is 9.78 Å². The first kappa shape index (κ1) is 20.0. The molecule has 2 aromatic carbocycles. The molecule has 166 valence electrons. The van der Waals surface area contributed by atoms with E-state index in [9.17, 15) is 4.79 Å². The van der Waals surface area contributed by atoms with Gasteiger partial charge in [-0.25, -0.2) is 10.1 Å². The highest BCUT2D eigenvalue weighted by molar-refractivity contribution is 5.99. The van der Waals surface area contributed by atoms with Crippen molar-refractivity contribution in [3.8, 4) is 34.3 Å². The molecule has 0 unspecified atom stereocenters. The second-order valence-corrected chi connectivity index (χ2v) is 6.71. The fraction of sp³-hybridized carbons (Fsp3) is 0.100. The zero-order valence-corrected chi connectivity index (χ0v) is 17.1. The van der Waals surface area contributed by atoms with Gasteiger partial charge in [-0.05, 0) is 58.3 Å². The van der Waals surface area contributed by atoms with Crippen LogP contribution in [0, 0.1) is 0 Å². The van der Waals surface area contributed by atoms with Crippen LogP contribution in [0.5, 0.6) is 17.2 Å². The number of carbonyl (C=O) groups excluding carboxylic acids is 1. The Morgan fingerprint density at radius 1 is 1.18 bits per heavy atom. The van der Waals surface area contributed by atoms with E-state index in [1.165, 1.54) is 10.9 Å². The second kappa shape index (κ2) is 8.30. The molecule has 13 nitrogen and oxygen atoms in total. The molecule has 0 saturated carbocycles. The van der Waals surface area contributed by atoms with E-state index in [2.05, 4.69) is 35.8 Å². The van der Waals surface area contributed by atoms with Gasteiger partial charge in [0.15, 0.2) is 17.2 Å². The molecule has 0 aliphatic carbocycles. The van der Waals surface area contributed by atoms with E-state index in [0.717, 1.165) is 5.56 Å². The summed E-state index contributed by atoms with van der Waals surface area (Å²) in [5, 5.41) is 19.3. The Bertz CT molecular complexity index is 1350. The predicted octanol–water partition coefficient (Wildman–Crippen LogP) is 1.40. The van der Waals surface area contributed by atoms with Gasteiger partial charge in [0.2, 0.25) is 18.4 Å². The Hall–Kier alpha value is -4.94. The molecule has 1 aliphatic heterocycles. The summed E-state index contributed by atoms with van der Waals surface area (Å²) < 4.78 is 21.9. The molecule has 33 heavy (non-hydrogen) atoms. The number of hydrogen-bond donors (Lipinski definition) is 2. The zero-order chi connectivity index (χ0) is 22.8. The van der Waals surface area contributed by atoms with Crippen molar-refractivity contribution >= 4 is 17.9 Å². The number of anilines is 1. The van der Waals surface area contributed by atoms with Gasteiger partial charge in [0, 0.05) is 5.56 Å². The van der Waals surface area contributed by atoms with Gasteiger partial charge in [0.05, 0.1) is 13.3 Å². The van der Waals surface area contributed by atoms with Gasteiger partial charge in [-0.15, -0.1) is 5.10 Å². The molecule has 1 amide bonds. The number of aromatic nitrogens is 5. The first-order valence-electron chi connectivity index (χ1n) is 9.55. The molecule has 3 heterocycles. The fourth-order valence-electron chi connectivity index (χ4n) is 3.13. The van der Waals surface area contributed by atoms with Crippen LogP contribution in [-0.2, 0) is 0 Å². The maximum atomic E-state index is 12.9. The van der Waals surface area contributed by atoms with E-state index in [1.807, 2.05) is 0 Å². The minimum Gasteiger partial charge on any atom is -0.497 e. The molecule has 0 bridgehead atoms. The first-order valence-corrected chi connectivity index (χ1v) is 9.55. The van der Waals surface area contributed by atoms with Crippen LogP contribution in [0.3, 0.4) is 0 Å². The number of nitrogens with two attached hydrogens (primary N) is 1. The third-order valence-corrected chi connectivity index (χ3v) is 4.72. The number of benzene rings is 2. The van der Waals surface area contributed by atoms with Gasteiger partial charge in [-0.3, -0.25) is 4.79 Å². The van der Waals surface area contributed by atoms with Gasteiger partial charge < -0.3 is 19.9 Å². The quantitative estimate of drug-likeness (QED) is 0.325. The first-order chi connectivity index (χ1) is 16.1. The smallest absolute Gasteiger partial charge is 0.294 e. The van der Waals surface area contributed by atoms with E-state index in [0.29, 0.717) is 22.8 Å². The Morgan fingerprint density at radius 3 is 2.76 bits per heavy atom. The monoisotopic (exact) mass is 448 g/mol. The van der Waals surface area contributed by atoms with Crippen molar-refractivity contribution in [1.29, 1.82) is 0 Å². The summed E-state index contributed by atoms with van der Waals surface area (Å²) in [7, 11) is 1.58. The highest BCUT2D eigenvalue weighted by Crippen LogP contribution is 2.37. The van der Waals surface area contributed by atoms with Crippen LogP contribution in [0.1, 0.15) is 16.1 Å². The van der Waals surface area contributed by atoms with Gasteiger partial charge >= 0.3 is 0 Å². The van der Waals surface area contributed by atoms with Crippen LogP contribution < -0.4 is 25.4 Å². The van der Waals surface area contributed by atoms with Crippen LogP contribution in [0.15, 0.2) is 52.2 Å². The Kier molecular flexibility index (Phi) is 5.03. The lowest BCUT2D eigenvalue weighted by atomic mass is 10.1. The number of methoxy groups -OCH3 is 1. The minimum absolute atomic E-state index is 0.0219. The number of rotatable bonds is 6. The lowest BCUT2D eigenvalue weighted by Crippen LogP contribution is -2.19. The number of nitrogens with one attached hydrogen (secondary N) is 1. The normalized spacial score (nSPS) is 12.3. The predicted molar refractivity (Wildman–Crippen MR) is 113 cm³/mol. The molecular formula is C20H16N8O5. The van der Waals surface area contributed by atoms with Crippen LogP contribution in [0.25, 0.3) is 17.1 Å². The lowest BCUT2D eigenvalue weighted by molar-refractivity contribution is 0.0950. The van der Waals surface area contributed by atoms with Gasteiger partial charge in [0.1, 0.15) is 11.4 Å². The third kappa shape index (κ3) is 3.78. The molecule has 1 aliphatic rings. The zero-order valence-electron chi connectivity index (χ0n) is 17.1. The Labute approximate surface area is 185 Å². The molecule has 0 fully saturated rings. The highest BCUT2D eigenvalue weighted by atomic mass is 16.7. The number of nitrogen functional groups attached to an aromatic ring is 1. The molecular weight excluding hydrogens is 432 g/mol. The summed E-state index contributed by atoms with van der Waals surface area (Å²) in [6.07, 6.45) is 1.49. The van der Waals surface area contributed by atoms with E-state index >= 15 is 0 Å². The molecule has 0 saturated heterocycles. The van der Waals surface area contributed by atoms with Crippen LogP contribution in [0.2, 0.25) is 0 Å². The molecule has 5 rings (SSSR count). The van der Waals surface area contributed by atoms with E-state index in [4.69, 9.17) is 19.9 Å². The SMILES string of the molecule is COc1ccc(C=NNC(=O)c2nnn(-c3nonc3N)c2-c2ccc3c(c2)OCO3)cc1. The Balaban J connectivity index is 1.48. The fourth-order valence-corrected chi connectivity index (χ4v) is 3.13. The largest absolute Gasteiger partial charge is 0.497 e. The van der Waals surface area contributed by atoms with Crippen molar-refractivity contribution in [1.82, 2.24) is 30.7 Å². The highest BCUT2D eigenvalue weighted by Gasteiger charge is 2.26. The minimum atomic E-state index is -0.603.